The highest BCUT2D eigenvalue weighted by molar-refractivity contribution is 5.25. The standard InChI is InChI=1S/C15H21N3/c1-2-10-16-15-17-11-13-18(15)12-6-9-14-7-4-3-5-8-14/h3-5,7-8,11,13H,2,6,9-10,12H2,1H3,(H,16,17). The van der Waals surface area contributed by atoms with E-state index in [9.17, 15) is 0 Å². The first-order chi connectivity index (χ1) is 8.90. The van der Waals surface area contributed by atoms with Crippen LogP contribution in [0.3, 0.4) is 0 Å². The second-order valence-corrected chi connectivity index (χ2v) is 4.46. The lowest BCUT2D eigenvalue weighted by Crippen LogP contribution is -2.08. The van der Waals surface area contributed by atoms with Gasteiger partial charge < -0.3 is 9.88 Å². The molecule has 3 heteroatoms. The molecule has 0 aliphatic heterocycles. The fraction of sp³-hybridized carbons (Fsp3) is 0.400. The van der Waals surface area contributed by atoms with E-state index in [1.807, 2.05) is 12.4 Å². The van der Waals surface area contributed by atoms with Crippen LogP contribution in [0.25, 0.3) is 0 Å². The fourth-order valence-electron chi connectivity index (χ4n) is 1.99. The van der Waals surface area contributed by atoms with Crippen LogP contribution in [-0.4, -0.2) is 16.1 Å². The summed E-state index contributed by atoms with van der Waals surface area (Å²) in [4.78, 5) is 4.33. The van der Waals surface area contributed by atoms with Crippen molar-refractivity contribution in [2.24, 2.45) is 0 Å². The number of aromatic nitrogens is 2. The van der Waals surface area contributed by atoms with E-state index in [4.69, 9.17) is 0 Å². The molecule has 0 saturated heterocycles. The fourth-order valence-corrected chi connectivity index (χ4v) is 1.99. The van der Waals surface area contributed by atoms with Crippen LogP contribution in [0.2, 0.25) is 0 Å². The zero-order valence-electron chi connectivity index (χ0n) is 11.0. The Bertz CT molecular complexity index is 448. The minimum atomic E-state index is 0.982. The average molecular weight is 243 g/mol. The molecule has 3 nitrogen and oxygen atoms in total. The maximum absolute atomic E-state index is 4.33. The van der Waals surface area contributed by atoms with E-state index in [0.29, 0.717) is 0 Å². The van der Waals surface area contributed by atoms with Crippen molar-refractivity contribution in [1.29, 1.82) is 0 Å². The molecule has 0 amide bonds. The van der Waals surface area contributed by atoms with Gasteiger partial charge in [-0.25, -0.2) is 4.98 Å². The van der Waals surface area contributed by atoms with Crippen LogP contribution < -0.4 is 5.32 Å². The van der Waals surface area contributed by atoms with Gasteiger partial charge in [0.05, 0.1) is 0 Å². The Morgan fingerprint density at radius 3 is 2.83 bits per heavy atom. The lowest BCUT2D eigenvalue weighted by atomic mass is 10.1. The molecule has 18 heavy (non-hydrogen) atoms. The van der Waals surface area contributed by atoms with Crippen LogP contribution in [0.4, 0.5) is 5.95 Å². The topological polar surface area (TPSA) is 29.9 Å². The first-order valence-corrected chi connectivity index (χ1v) is 6.69. The Hall–Kier alpha value is -1.77. The van der Waals surface area contributed by atoms with E-state index in [1.54, 1.807) is 0 Å². The lowest BCUT2D eigenvalue weighted by molar-refractivity contribution is 0.645. The van der Waals surface area contributed by atoms with E-state index < -0.39 is 0 Å². The molecule has 2 rings (SSSR count). The Balaban J connectivity index is 1.81. The Labute approximate surface area is 109 Å². The van der Waals surface area contributed by atoms with Gasteiger partial charge in [-0.3, -0.25) is 0 Å². The quantitative estimate of drug-likeness (QED) is 0.808. The van der Waals surface area contributed by atoms with E-state index >= 15 is 0 Å². The summed E-state index contributed by atoms with van der Waals surface area (Å²) in [5, 5.41) is 3.34. The molecule has 0 fully saturated rings. The minimum Gasteiger partial charge on any atom is -0.356 e. The Morgan fingerprint density at radius 2 is 2.06 bits per heavy atom. The molecule has 1 aromatic carbocycles. The number of rotatable bonds is 7. The van der Waals surface area contributed by atoms with Crippen LogP contribution in [-0.2, 0) is 13.0 Å². The highest BCUT2D eigenvalue weighted by Gasteiger charge is 2.01. The number of nitrogens with one attached hydrogen (secondary N) is 1. The van der Waals surface area contributed by atoms with Gasteiger partial charge in [-0.2, -0.15) is 0 Å². The second-order valence-electron chi connectivity index (χ2n) is 4.46. The number of hydrogen-bond donors (Lipinski definition) is 1. The van der Waals surface area contributed by atoms with Crippen LogP contribution in [0.15, 0.2) is 42.7 Å². The molecule has 1 N–H and O–H groups in total. The van der Waals surface area contributed by atoms with Gasteiger partial charge in [0.25, 0.3) is 0 Å². The molecule has 0 bridgehead atoms. The summed E-state index contributed by atoms with van der Waals surface area (Å²) in [6.45, 7) is 4.16. The normalized spacial score (nSPS) is 10.5. The van der Waals surface area contributed by atoms with Crippen molar-refractivity contribution in [2.45, 2.75) is 32.7 Å². The molecule has 2 aromatic rings. The van der Waals surface area contributed by atoms with Gasteiger partial charge >= 0.3 is 0 Å². The van der Waals surface area contributed by atoms with Crippen molar-refractivity contribution < 1.29 is 0 Å². The molecule has 0 atom stereocenters. The monoisotopic (exact) mass is 243 g/mol. The van der Waals surface area contributed by atoms with Crippen molar-refractivity contribution in [2.75, 3.05) is 11.9 Å². The molecule has 1 heterocycles. The maximum Gasteiger partial charge on any atom is 0.202 e. The van der Waals surface area contributed by atoms with Crippen LogP contribution in [0.5, 0.6) is 0 Å². The SMILES string of the molecule is CCCNc1nccn1CCCc1ccccc1. The molecular weight excluding hydrogens is 222 g/mol. The highest BCUT2D eigenvalue weighted by atomic mass is 15.2. The van der Waals surface area contributed by atoms with Gasteiger partial charge in [0.2, 0.25) is 5.95 Å². The number of hydrogen-bond acceptors (Lipinski definition) is 2. The molecule has 0 aliphatic rings. The molecular formula is C15H21N3. The Morgan fingerprint density at radius 1 is 1.22 bits per heavy atom. The first kappa shape index (κ1) is 12.7. The second kappa shape index (κ2) is 6.84. The smallest absolute Gasteiger partial charge is 0.202 e. The molecule has 96 valence electrons. The summed E-state index contributed by atoms with van der Waals surface area (Å²) >= 11 is 0. The third-order valence-corrected chi connectivity index (χ3v) is 2.96. The van der Waals surface area contributed by atoms with E-state index in [0.717, 1.165) is 38.3 Å². The number of imidazole rings is 1. The molecule has 0 radical (unpaired) electrons. The van der Waals surface area contributed by atoms with Crippen LogP contribution in [0.1, 0.15) is 25.3 Å². The highest BCUT2D eigenvalue weighted by Crippen LogP contribution is 2.08. The third-order valence-electron chi connectivity index (χ3n) is 2.96. The number of anilines is 1. The number of benzene rings is 1. The zero-order valence-corrected chi connectivity index (χ0v) is 11.0. The third kappa shape index (κ3) is 3.62. The van der Waals surface area contributed by atoms with Crippen molar-refractivity contribution in [1.82, 2.24) is 9.55 Å². The number of nitrogens with zero attached hydrogens (tertiary/aromatic N) is 2. The van der Waals surface area contributed by atoms with Crippen molar-refractivity contribution in [3.05, 3.63) is 48.3 Å². The van der Waals surface area contributed by atoms with E-state index in [2.05, 4.69) is 52.1 Å². The molecule has 0 aliphatic carbocycles. The Kier molecular flexibility index (Phi) is 4.82. The lowest BCUT2D eigenvalue weighted by Gasteiger charge is -2.09. The van der Waals surface area contributed by atoms with Gasteiger partial charge in [-0.05, 0) is 24.8 Å². The molecule has 0 spiro atoms. The molecule has 0 saturated carbocycles. The molecule has 1 aromatic heterocycles. The zero-order chi connectivity index (χ0) is 12.6. The van der Waals surface area contributed by atoms with Gasteiger partial charge in [0.15, 0.2) is 0 Å². The first-order valence-electron chi connectivity index (χ1n) is 6.69. The van der Waals surface area contributed by atoms with Gasteiger partial charge in [-0.1, -0.05) is 37.3 Å². The van der Waals surface area contributed by atoms with Crippen molar-refractivity contribution in [3.8, 4) is 0 Å². The van der Waals surface area contributed by atoms with Crippen LogP contribution in [0, 0.1) is 0 Å². The summed E-state index contributed by atoms with van der Waals surface area (Å²) in [6.07, 6.45) is 7.29. The molecule has 0 unspecified atom stereocenters. The van der Waals surface area contributed by atoms with Gasteiger partial charge in [0, 0.05) is 25.5 Å². The largest absolute Gasteiger partial charge is 0.356 e. The van der Waals surface area contributed by atoms with Gasteiger partial charge in [0.1, 0.15) is 0 Å². The number of aryl methyl sites for hydroxylation is 2. The van der Waals surface area contributed by atoms with Gasteiger partial charge in [-0.15, -0.1) is 0 Å². The summed E-state index contributed by atoms with van der Waals surface area (Å²) in [7, 11) is 0. The van der Waals surface area contributed by atoms with E-state index in [-0.39, 0.29) is 0 Å². The van der Waals surface area contributed by atoms with Crippen LogP contribution >= 0.6 is 0 Å². The maximum atomic E-state index is 4.33. The predicted octanol–water partition coefficient (Wildman–Crippen LogP) is 3.34. The average Bonchev–Trinajstić information content (AvgIpc) is 2.85. The minimum absolute atomic E-state index is 0.982. The summed E-state index contributed by atoms with van der Waals surface area (Å²) in [5.74, 6) is 0.991. The predicted molar refractivity (Wildman–Crippen MR) is 75.8 cm³/mol. The summed E-state index contributed by atoms with van der Waals surface area (Å²) in [6, 6.07) is 10.6. The van der Waals surface area contributed by atoms with E-state index in [1.165, 1.54) is 5.56 Å². The summed E-state index contributed by atoms with van der Waals surface area (Å²) in [5.41, 5.74) is 1.40. The van der Waals surface area contributed by atoms with Crippen molar-refractivity contribution >= 4 is 5.95 Å². The summed E-state index contributed by atoms with van der Waals surface area (Å²) < 4.78 is 2.19. The van der Waals surface area contributed by atoms with Crippen molar-refractivity contribution in [3.63, 3.8) is 0 Å².